The van der Waals surface area contributed by atoms with Gasteiger partial charge in [-0.3, -0.25) is 0 Å². The molecule has 0 aromatic carbocycles. The Morgan fingerprint density at radius 2 is 2.62 bits per heavy atom. The molecule has 4 heteroatoms. The third kappa shape index (κ3) is 3.42. The first-order valence-electron chi connectivity index (χ1n) is 3.30. The van der Waals surface area contributed by atoms with Gasteiger partial charge >= 0.3 is 6.16 Å². The Kier molecular flexibility index (Phi) is 1.81. The van der Waals surface area contributed by atoms with Crippen molar-refractivity contribution in [1.82, 2.24) is 0 Å². The molecule has 0 aliphatic rings. The maximum Gasteiger partial charge on any atom is 0.510 e. The minimum atomic E-state index is -2.76. The van der Waals surface area contributed by atoms with Crippen LogP contribution in [0.5, 0.6) is 0 Å². The molecule has 0 rings (SSSR count). The van der Waals surface area contributed by atoms with Gasteiger partial charge in [-0.15, -0.1) is 0 Å². The van der Waals surface area contributed by atoms with E-state index in [2.05, 4.69) is 14.2 Å². The van der Waals surface area contributed by atoms with Crippen LogP contribution in [-0.4, -0.2) is 27.1 Å². The summed E-state index contributed by atoms with van der Waals surface area (Å²) in [5.74, 6) is 0. The largest absolute Gasteiger partial charge is 0.510 e. The van der Waals surface area contributed by atoms with E-state index in [-0.39, 0.29) is 6.79 Å². The first kappa shape index (κ1) is 3.29. The van der Waals surface area contributed by atoms with Gasteiger partial charge in [0.15, 0.2) is 6.79 Å². The Morgan fingerprint density at radius 1 is 1.88 bits per heavy atom. The summed E-state index contributed by atoms with van der Waals surface area (Å²) in [5.41, 5.74) is 0. The zero-order chi connectivity index (χ0) is 8.91. The van der Waals surface area contributed by atoms with E-state index in [1.165, 1.54) is 7.11 Å². The zero-order valence-electron chi connectivity index (χ0n) is 7.34. The van der Waals surface area contributed by atoms with Gasteiger partial charge in [0.05, 0.1) is 11.2 Å². The monoisotopic (exact) mass is 123 g/mol. The molecule has 0 amide bonds. The fourth-order valence-electron chi connectivity index (χ4n) is 0.137. The van der Waals surface area contributed by atoms with Crippen LogP contribution in [0.1, 0.15) is 4.11 Å². The quantitative estimate of drug-likeness (QED) is 0.393. The lowest BCUT2D eigenvalue weighted by molar-refractivity contribution is -0.0190. The van der Waals surface area contributed by atoms with Crippen LogP contribution in [0.15, 0.2) is 0 Å². The van der Waals surface area contributed by atoms with Crippen molar-refractivity contribution in [2.45, 2.75) is 0 Å². The van der Waals surface area contributed by atoms with Crippen LogP contribution in [0.2, 0.25) is 0 Å². The van der Waals surface area contributed by atoms with Crippen molar-refractivity contribution in [3.05, 3.63) is 0 Å². The predicted molar refractivity (Wildman–Crippen MR) is 25.4 cm³/mol. The Balaban J connectivity index is 3.53. The maximum atomic E-state index is 10.3. The Hall–Kier alpha value is -0.770. The molecule has 0 saturated carbocycles. The highest BCUT2D eigenvalue weighted by atomic mass is 16.8. The second-order valence-electron chi connectivity index (χ2n) is 0.903. The normalized spacial score (nSPS) is 15.4. The Labute approximate surface area is 51.6 Å². The van der Waals surface area contributed by atoms with E-state index >= 15 is 0 Å². The van der Waals surface area contributed by atoms with Gasteiger partial charge in [0.25, 0.3) is 0 Å². The molecule has 0 saturated heterocycles. The Bertz CT molecular complexity index is 132. The lowest BCUT2D eigenvalue weighted by Gasteiger charge is -1.98. The highest BCUT2D eigenvalue weighted by Gasteiger charge is 1.95. The molecule has 0 aromatic heterocycles. The molecule has 0 fully saturated rings. The van der Waals surface area contributed by atoms with Crippen molar-refractivity contribution in [1.29, 1.82) is 0 Å². The van der Waals surface area contributed by atoms with Gasteiger partial charge in [0.2, 0.25) is 0 Å². The van der Waals surface area contributed by atoms with Gasteiger partial charge in [0.1, 0.15) is 0 Å². The molecule has 0 N–H and O–H groups in total. The molecule has 0 heterocycles. The van der Waals surface area contributed by atoms with Crippen molar-refractivity contribution in [2.24, 2.45) is 0 Å². The number of rotatable bonds is 2. The molecule has 0 aromatic rings. The van der Waals surface area contributed by atoms with Gasteiger partial charge in [0, 0.05) is 7.11 Å². The number of ether oxygens (including phenoxy) is 3. The second-order valence-corrected chi connectivity index (χ2v) is 0.903. The molecule has 0 unspecified atom stereocenters. The molecule has 0 bridgehead atoms. The highest BCUT2D eigenvalue weighted by Crippen LogP contribution is 1.79. The number of methoxy groups -OCH3 is 2. The number of carbonyl (C=O) groups excluding carboxylic acids is 1. The first-order valence-corrected chi connectivity index (χ1v) is 1.80. The Morgan fingerprint density at radius 3 is 3.12 bits per heavy atom. The fourth-order valence-corrected chi connectivity index (χ4v) is 0.137. The van der Waals surface area contributed by atoms with Gasteiger partial charge in [-0.05, 0) is 0 Å². The smallest absolute Gasteiger partial charge is 0.438 e. The minimum absolute atomic E-state index is 0.324. The van der Waals surface area contributed by atoms with E-state index in [4.69, 9.17) is 4.11 Å². The molecule has 0 aliphatic heterocycles. The topological polar surface area (TPSA) is 44.8 Å². The molecule has 0 atom stereocenters. The second kappa shape index (κ2) is 4.39. The summed E-state index contributed by atoms with van der Waals surface area (Å²) in [6.45, 7) is -0.324. The third-order valence-corrected chi connectivity index (χ3v) is 0.378. The number of hydrogen-bond donors (Lipinski definition) is 0. The van der Waals surface area contributed by atoms with E-state index in [9.17, 15) is 4.79 Å². The maximum absolute atomic E-state index is 10.3. The average molecular weight is 123 g/mol. The molecule has 4 nitrogen and oxygen atoms in total. The van der Waals surface area contributed by atoms with E-state index in [0.717, 1.165) is 0 Å². The molecule has 0 aliphatic carbocycles. The predicted octanol–water partition coefficient (Wildman–Crippen LogP) is 0.373. The molecular formula is C4H8O4. The van der Waals surface area contributed by atoms with Gasteiger partial charge in [-0.2, -0.15) is 0 Å². The third-order valence-electron chi connectivity index (χ3n) is 0.378. The standard InChI is InChI=1S/C4H8O4/c1-6-3-8-4(5)7-2/h3H2,1-2H3/i2D3. The summed E-state index contributed by atoms with van der Waals surface area (Å²) in [4.78, 5) is 10.3. The van der Waals surface area contributed by atoms with Crippen LogP contribution in [0.4, 0.5) is 4.79 Å². The van der Waals surface area contributed by atoms with Crippen LogP contribution in [0.3, 0.4) is 0 Å². The summed E-state index contributed by atoms with van der Waals surface area (Å²) in [6.07, 6.45) is -1.27. The molecular weight excluding hydrogens is 112 g/mol. The SMILES string of the molecule is [2H]C([2H])([2H])OC(=O)OCOC. The summed E-state index contributed by atoms with van der Waals surface area (Å²) in [6, 6.07) is 0. The summed E-state index contributed by atoms with van der Waals surface area (Å²) < 4.78 is 31.6. The minimum Gasteiger partial charge on any atom is -0.438 e. The summed E-state index contributed by atoms with van der Waals surface area (Å²) >= 11 is 0. The summed E-state index contributed by atoms with van der Waals surface area (Å²) in [5, 5.41) is 0. The van der Waals surface area contributed by atoms with Gasteiger partial charge in [-0.1, -0.05) is 0 Å². The summed E-state index contributed by atoms with van der Waals surface area (Å²) in [7, 11) is -1.46. The molecule has 0 spiro atoms. The number of hydrogen-bond acceptors (Lipinski definition) is 4. The fraction of sp³-hybridized carbons (Fsp3) is 0.750. The van der Waals surface area contributed by atoms with Crippen LogP contribution >= 0.6 is 0 Å². The van der Waals surface area contributed by atoms with Crippen LogP contribution < -0.4 is 0 Å². The lowest BCUT2D eigenvalue weighted by Crippen LogP contribution is -2.05. The lowest BCUT2D eigenvalue weighted by atomic mass is 11.2. The van der Waals surface area contributed by atoms with Crippen molar-refractivity contribution >= 4 is 6.16 Å². The zero-order valence-corrected chi connectivity index (χ0v) is 4.34. The molecule has 48 valence electrons. The average Bonchev–Trinajstić information content (AvgIpc) is 1.79. The van der Waals surface area contributed by atoms with Crippen LogP contribution in [0, 0.1) is 0 Å². The van der Waals surface area contributed by atoms with Crippen LogP contribution in [0.25, 0.3) is 0 Å². The van der Waals surface area contributed by atoms with Crippen molar-refractivity contribution < 1.29 is 23.1 Å². The van der Waals surface area contributed by atoms with E-state index < -0.39 is 13.2 Å². The van der Waals surface area contributed by atoms with Crippen molar-refractivity contribution in [3.63, 3.8) is 0 Å². The number of carbonyl (C=O) groups is 1. The molecule has 8 heavy (non-hydrogen) atoms. The highest BCUT2D eigenvalue weighted by molar-refractivity contribution is 5.59. The first-order chi connectivity index (χ1) is 4.95. The van der Waals surface area contributed by atoms with E-state index in [0.29, 0.717) is 0 Å². The van der Waals surface area contributed by atoms with Gasteiger partial charge < -0.3 is 14.2 Å². The van der Waals surface area contributed by atoms with E-state index in [1.807, 2.05) is 0 Å². The van der Waals surface area contributed by atoms with Crippen molar-refractivity contribution in [3.8, 4) is 0 Å². The molecule has 0 radical (unpaired) electrons. The van der Waals surface area contributed by atoms with Crippen molar-refractivity contribution in [2.75, 3.05) is 20.9 Å². The van der Waals surface area contributed by atoms with Gasteiger partial charge in [-0.25, -0.2) is 4.79 Å². The van der Waals surface area contributed by atoms with E-state index in [1.54, 1.807) is 0 Å². The van der Waals surface area contributed by atoms with Crippen LogP contribution in [-0.2, 0) is 14.2 Å².